The highest BCUT2D eigenvalue weighted by atomic mass is 32.2. The summed E-state index contributed by atoms with van der Waals surface area (Å²) >= 11 is 1.82. The fourth-order valence-corrected chi connectivity index (χ4v) is 2.55. The van der Waals surface area contributed by atoms with E-state index in [4.69, 9.17) is 0 Å². The van der Waals surface area contributed by atoms with Gasteiger partial charge in [-0.2, -0.15) is 0 Å². The topological polar surface area (TPSA) is 4.93 Å². The lowest BCUT2D eigenvalue weighted by molar-refractivity contribution is 0.794. The molecule has 0 atom stereocenters. The van der Waals surface area contributed by atoms with Crippen LogP contribution in [0, 0.1) is 6.92 Å². The Morgan fingerprint density at radius 3 is 2.71 bits per heavy atom. The number of hydrogen-bond acceptors (Lipinski definition) is 1. The Kier molecular flexibility index (Phi) is 2.55. The third kappa shape index (κ3) is 1.34. The number of benzene rings is 1. The molecule has 0 unspecified atom stereocenters. The van der Waals surface area contributed by atoms with E-state index < -0.39 is 0 Å². The first kappa shape index (κ1) is 9.66. The maximum Gasteiger partial charge on any atom is 0.0521 e. The molecule has 0 aliphatic carbocycles. The molecule has 0 saturated heterocycles. The zero-order valence-electron chi connectivity index (χ0n) is 8.87. The maximum atomic E-state index is 2.31. The summed E-state index contributed by atoms with van der Waals surface area (Å²) in [6, 6.07) is 6.61. The summed E-state index contributed by atoms with van der Waals surface area (Å²) in [4.78, 5) is 1.38. The number of fused-ring (bicyclic) bond motifs is 1. The lowest BCUT2D eigenvalue weighted by atomic mass is 10.1. The summed E-state index contributed by atoms with van der Waals surface area (Å²) in [6.45, 7) is 5.44. The summed E-state index contributed by atoms with van der Waals surface area (Å²) in [5.74, 6) is 0. The maximum absolute atomic E-state index is 2.31. The van der Waals surface area contributed by atoms with Crippen LogP contribution in [-0.4, -0.2) is 10.8 Å². The summed E-state index contributed by atoms with van der Waals surface area (Å²) < 4.78 is 2.31. The van der Waals surface area contributed by atoms with E-state index >= 15 is 0 Å². The zero-order chi connectivity index (χ0) is 10.1. The minimum atomic E-state index is 1.04. The van der Waals surface area contributed by atoms with E-state index in [2.05, 4.69) is 49.1 Å². The van der Waals surface area contributed by atoms with Crippen molar-refractivity contribution in [3.05, 3.63) is 30.0 Å². The lowest BCUT2D eigenvalue weighted by Gasteiger charge is -2.07. The fourth-order valence-electron chi connectivity index (χ4n) is 1.95. The first-order valence-corrected chi connectivity index (χ1v) is 6.12. The van der Waals surface area contributed by atoms with E-state index in [1.165, 1.54) is 21.4 Å². The van der Waals surface area contributed by atoms with Gasteiger partial charge in [-0.3, -0.25) is 0 Å². The monoisotopic (exact) mass is 205 g/mol. The van der Waals surface area contributed by atoms with Crippen LogP contribution in [0.2, 0.25) is 0 Å². The second-order valence-corrected chi connectivity index (χ2v) is 4.28. The molecule has 0 spiro atoms. The molecule has 0 radical (unpaired) electrons. The van der Waals surface area contributed by atoms with Gasteiger partial charge in [0.05, 0.1) is 5.52 Å². The van der Waals surface area contributed by atoms with Gasteiger partial charge in [-0.1, -0.05) is 6.07 Å². The first-order valence-electron chi connectivity index (χ1n) is 4.90. The summed E-state index contributed by atoms with van der Waals surface area (Å²) in [5.41, 5.74) is 2.79. The molecule has 0 bridgehead atoms. The molecule has 0 aliphatic rings. The number of aromatic nitrogens is 1. The largest absolute Gasteiger partial charge is 0.348 e. The second kappa shape index (κ2) is 3.70. The second-order valence-electron chi connectivity index (χ2n) is 3.43. The Hall–Kier alpha value is -0.890. The van der Waals surface area contributed by atoms with Gasteiger partial charge in [-0.25, -0.2) is 0 Å². The van der Waals surface area contributed by atoms with Gasteiger partial charge in [0.25, 0.3) is 0 Å². The fraction of sp³-hybridized carbons (Fsp3) is 0.333. The summed E-state index contributed by atoms with van der Waals surface area (Å²) in [5, 5.41) is 1.35. The molecule has 14 heavy (non-hydrogen) atoms. The molecule has 2 rings (SSSR count). The molecule has 0 N–H and O–H groups in total. The van der Waals surface area contributed by atoms with Gasteiger partial charge < -0.3 is 4.57 Å². The van der Waals surface area contributed by atoms with Crippen molar-refractivity contribution in [1.82, 2.24) is 4.57 Å². The van der Waals surface area contributed by atoms with Gasteiger partial charge in [0, 0.05) is 17.6 Å². The van der Waals surface area contributed by atoms with Crippen molar-refractivity contribution in [3.63, 3.8) is 0 Å². The molecule has 2 aromatic rings. The molecule has 1 aromatic carbocycles. The molecule has 2 heteroatoms. The van der Waals surface area contributed by atoms with Crippen LogP contribution in [-0.2, 0) is 6.54 Å². The van der Waals surface area contributed by atoms with Gasteiger partial charge in [0.2, 0.25) is 0 Å². The Balaban J connectivity index is 2.77. The van der Waals surface area contributed by atoms with E-state index in [0.717, 1.165) is 6.54 Å². The third-order valence-electron chi connectivity index (χ3n) is 2.69. The molecular formula is C12H15NS. The number of hydrogen-bond donors (Lipinski definition) is 0. The molecule has 1 aromatic heterocycles. The smallest absolute Gasteiger partial charge is 0.0521 e. The van der Waals surface area contributed by atoms with Crippen LogP contribution in [0.4, 0.5) is 0 Å². The molecule has 0 aliphatic heterocycles. The minimum Gasteiger partial charge on any atom is -0.348 e. The molecule has 0 saturated carbocycles. The van der Waals surface area contributed by atoms with Crippen LogP contribution in [0.3, 0.4) is 0 Å². The molecular weight excluding hydrogens is 190 g/mol. The Morgan fingerprint density at radius 2 is 2.07 bits per heavy atom. The van der Waals surface area contributed by atoms with Gasteiger partial charge >= 0.3 is 0 Å². The van der Waals surface area contributed by atoms with Crippen molar-refractivity contribution in [2.75, 3.05) is 6.26 Å². The van der Waals surface area contributed by atoms with Crippen LogP contribution in [0.25, 0.3) is 10.9 Å². The summed E-state index contributed by atoms with van der Waals surface area (Å²) in [7, 11) is 0. The number of nitrogens with zero attached hydrogens (tertiary/aromatic N) is 1. The van der Waals surface area contributed by atoms with Crippen LogP contribution >= 0.6 is 11.8 Å². The van der Waals surface area contributed by atoms with E-state index in [0.29, 0.717) is 0 Å². The minimum absolute atomic E-state index is 1.04. The predicted molar refractivity (Wildman–Crippen MR) is 64.1 cm³/mol. The van der Waals surface area contributed by atoms with Crippen LogP contribution in [0.5, 0.6) is 0 Å². The highest BCUT2D eigenvalue weighted by Crippen LogP contribution is 2.28. The Morgan fingerprint density at radius 1 is 1.29 bits per heavy atom. The van der Waals surface area contributed by atoms with Crippen molar-refractivity contribution < 1.29 is 0 Å². The number of thioether (sulfide) groups is 1. The lowest BCUT2D eigenvalue weighted by Crippen LogP contribution is -1.93. The molecule has 0 amide bonds. The average molecular weight is 205 g/mol. The van der Waals surface area contributed by atoms with Crippen molar-refractivity contribution in [1.29, 1.82) is 0 Å². The SMILES string of the molecule is CCn1ccc2ccc(SC)c(C)c21. The predicted octanol–water partition coefficient (Wildman–Crippen LogP) is 3.69. The molecule has 74 valence electrons. The normalized spacial score (nSPS) is 11.1. The van der Waals surface area contributed by atoms with Gasteiger partial charge in [-0.15, -0.1) is 11.8 Å². The Labute approximate surface area is 89.1 Å². The average Bonchev–Trinajstić information content (AvgIpc) is 2.62. The van der Waals surface area contributed by atoms with Crippen molar-refractivity contribution in [3.8, 4) is 0 Å². The van der Waals surface area contributed by atoms with E-state index in [-0.39, 0.29) is 0 Å². The standard InChI is InChI=1S/C12H15NS/c1-4-13-8-7-10-5-6-11(14-3)9(2)12(10)13/h5-8H,4H2,1-3H3. The van der Waals surface area contributed by atoms with Crippen LogP contribution in [0.1, 0.15) is 12.5 Å². The third-order valence-corrected chi connectivity index (χ3v) is 3.58. The van der Waals surface area contributed by atoms with Gasteiger partial charge in [-0.05, 0) is 43.2 Å². The molecule has 1 heterocycles. The summed E-state index contributed by atoms with van der Waals surface area (Å²) in [6.07, 6.45) is 4.30. The van der Waals surface area contributed by atoms with Gasteiger partial charge in [0.1, 0.15) is 0 Å². The van der Waals surface area contributed by atoms with Crippen LogP contribution in [0.15, 0.2) is 29.3 Å². The van der Waals surface area contributed by atoms with Crippen molar-refractivity contribution in [2.24, 2.45) is 0 Å². The van der Waals surface area contributed by atoms with E-state index in [9.17, 15) is 0 Å². The highest BCUT2D eigenvalue weighted by molar-refractivity contribution is 7.98. The number of aryl methyl sites for hydroxylation is 2. The molecule has 1 nitrogen and oxygen atoms in total. The number of rotatable bonds is 2. The molecule has 0 fully saturated rings. The van der Waals surface area contributed by atoms with E-state index in [1.807, 2.05) is 11.8 Å². The quantitative estimate of drug-likeness (QED) is 0.677. The van der Waals surface area contributed by atoms with Crippen molar-refractivity contribution >= 4 is 22.7 Å². The highest BCUT2D eigenvalue weighted by Gasteiger charge is 2.06. The van der Waals surface area contributed by atoms with E-state index in [1.54, 1.807) is 0 Å². The van der Waals surface area contributed by atoms with Crippen LogP contribution < -0.4 is 0 Å². The van der Waals surface area contributed by atoms with Gasteiger partial charge in [0.15, 0.2) is 0 Å². The Bertz CT molecular complexity index is 457. The zero-order valence-corrected chi connectivity index (χ0v) is 9.69. The van der Waals surface area contributed by atoms with Crippen molar-refractivity contribution in [2.45, 2.75) is 25.3 Å². The first-order chi connectivity index (χ1) is 6.77.